The molecule has 0 aliphatic heterocycles. The highest BCUT2D eigenvalue weighted by molar-refractivity contribution is 5.70. The van der Waals surface area contributed by atoms with Crippen LogP contribution in [0.25, 0.3) is 11.3 Å². The molecule has 1 fully saturated rings. The Morgan fingerprint density at radius 2 is 2.20 bits per heavy atom. The van der Waals surface area contributed by atoms with Gasteiger partial charge in [0.25, 0.3) is 0 Å². The summed E-state index contributed by atoms with van der Waals surface area (Å²) in [4.78, 5) is 8.98. The maximum Gasteiger partial charge on any atom is 0.212 e. The van der Waals surface area contributed by atoms with Gasteiger partial charge in [-0.2, -0.15) is 0 Å². The molecule has 0 bridgehead atoms. The van der Waals surface area contributed by atoms with Gasteiger partial charge in [0.15, 0.2) is 0 Å². The second-order valence-corrected chi connectivity index (χ2v) is 5.20. The SMILES string of the molecule is CCCc1nc(-c2ccc(OC)nc2)c(N)n1C1CC1. The normalized spacial score (nSPS) is 14.5. The molecular formula is C15H20N4O. The standard InChI is InChI=1S/C15H20N4O/c1-3-4-12-18-14(15(16)19(12)11-6-7-11)10-5-8-13(20-2)17-9-10/h5,8-9,11H,3-4,6-7,16H2,1-2H3. The van der Waals surface area contributed by atoms with Gasteiger partial charge in [0.1, 0.15) is 17.3 Å². The lowest BCUT2D eigenvalue weighted by Gasteiger charge is -2.07. The van der Waals surface area contributed by atoms with Crippen LogP contribution in [0.2, 0.25) is 0 Å². The van der Waals surface area contributed by atoms with Crippen molar-refractivity contribution in [2.75, 3.05) is 12.8 Å². The van der Waals surface area contributed by atoms with Gasteiger partial charge in [-0.1, -0.05) is 6.92 Å². The van der Waals surface area contributed by atoms with Gasteiger partial charge < -0.3 is 15.0 Å². The molecule has 0 amide bonds. The van der Waals surface area contributed by atoms with Gasteiger partial charge >= 0.3 is 0 Å². The van der Waals surface area contributed by atoms with Crippen LogP contribution in [-0.4, -0.2) is 21.6 Å². The fourth-order valence-corrected chi connectivity index (χ4v) is 2.49. The quantitative estimate of drug-likeness (QED) is 0.909. The molecular weight excluding hydrogens is 252 g/mol. The van der Waals surface area contributed by atoms with E-state index in [4.69, 9.17) is 15.5 Å². The summed E-state index contributed by atoms with van der Waals surface area (Å²) in [7, 11) is 1.61. The molecule has 0 atom stereocenters. The summed E-state index contributed by atoms with van der Waals surface area (Å²) in [5.41, 5.74) is 8.11. The summed E-state index contributed by atoms with van der Waals surface area (Å²) in [5, 5.41) is 0. The molecule has 2 aromatic heterocycles. The van der Waals surface area contributed by atoms with Gasteiger partial charge in [-0.15, -0.1) is 0 Å². The molecule has 2 aromatic rings. The van der Waals surface area contributed by atoms with Gasteiger partial charge in [-0.3, -0.25) is 0 Å². The maximum absolute atomic E-state index is 6.32. The van der Waals surface area contributed by atoms with Crippen molar-refractivity contribution < 1.29 is 4.74 Å². The minimum absolute atomic E-state index is 0.545. The van der Waals surface area contributed by atoms with Crippen LogP contribution in [0.15, 0.2) is 18.3 Å². The lowest BCUT2D eigenvalue weighted by Crippen LogP contribution is -2.05. The number of pyridine rings is 1. The number of ether oxygens (including phenoxy) is 1. The summed E-state index contributed by atoms with van der Waals surface area (Å²) < 4.78 is 7.29. The molecule has 0 radical (unpaired) electrons. The summed E-state index contributed by atoms with van der Waals surface area (Å²) in [6.07, 6.45) is 6.22. The van der Waals surface area contributed by atoms with Crippen LogP contribution >= 0.6 is 0 Å². The molecule has 1 aliphatic carbocycles. The second-order valence-electron chi connectivity index (χ2n) is 5.20. The van der Waals surface area contributed by atoms with Crippen LogP contribution in [0, 0.1) is 0 Å². The highest BCUT2D eigenvalue weighted by Crippen LogP contribution is 2.41. The number of nitrogens with two attached hydrogens (primary N) is 1. The van der Waals surface area contributed by atoms with E-state index in [9.17, 15) is 0 Å². The van der Waals surface area contributed by atoms with Crippen LogP contribution < -0.4 is 10.5 Å². The second kappa shape index (κ2) is 5.15. The summed E-state index contributed by atoms with van der Waals surface area (Å²) in [6, 6.07) is 4.34. The van der Waals surface area contributed by atoms with E-state index >= 15 is 0 Å². The topological polar surface area (TPSA) is 66.0 Å². The number of hydrogen-bond donors (Lipinski definition) is 1. The molecule has 106 valence electrons. The third kappa shape index (κ3) is 2.24. The third-order valence-corrected chi connectivity index (χ3v) is 3.63. The fourth-order valence-electron chi connectivity index (χ4n) is 2.49. The number of nitrogen functional groups attached to an aromatic ring is 1. The van der Waals surface area contributed by atoms with Crippen molar-refractivity contribution in [2.24, 2.45) is 0 Å². The Bertz CT molecular complexity index is 599. The van der Waals surface area contributed by atoms with Crippen molar-refractivity contribution in [3.8, 4) is 17.1 Å². The molecule has 3 rings (SSSR count). The van der Waals surface area contributed by atoms with Gasteiger partial charge in [0, 0.05) is 30.3 Å². The van der Waals surface area contributed by atoms with Crippen LogP contribution in [0.5, 0.6) is 5.88 Å². The molecule has 2 heterocycles. The first-order valence-corrected chi connectivity index (χ1v) is 7.11. The Hall–Kier alpha value is -2.04. The van der Waals surface area contributed by atoms with Crippen molar-refractivity contribution in [2.45, 2.75) is 38.6 Å². The molecule has 2 N–H and O–H groups in total. The van der Waals surface area contributed by atoms with E-state index in [1.54, 1.807) is 13.3 Å². The van der Waals surface area contributed by atoms with Crippen molar-refractivity contribution in [1.82, 2.24) is 14.5 Å². The first-order valence-electron chi connectivity index (χ1n) is 7.11. The number of methoxy groups -OCH3 is 1. The molecule has 0 spiro atoms. The lowest BCUT2D eigenvalue weighted by molar-refractivity contribution is 0.398. The number of rotatable bonds is 5. The van der Waals surface area contributed by atoms with Crippen LogP contribution in [0.3, 0.4) is 0 Å². The van der Waals surface area contributed by atoms with E-state index in [1.807, 2.05) is 12.1 Å². The predicted octanol–water partition coefficient (Wildman–Crippen LogP) is 2.82. The molecule has 5 nitrogen and oxygen atoms in total. The average molecular weight is 272 g/mol. The van der Waals surface area contributed by atoms with Gasteiger partial charge in [0.2, 0.25) is 5.88 Å². The Morgan fingerprint density at radius 3 is 2.75 bits per heavy atom. The van der Waals surface area contributed by atoms with Crippen molar-refractivity contribution >= 4 is 5.82 Å². The summed E-state index contributed by atoms with van der Waals surface area (Å²) >= 11 is 0. The maximum atomic E-state index is 6.32. The van der Waals surface area contributed by atoms with E-state index in [1.165, 1.54) is 12.8 Å². The van der Waals surface area contributed by atoms with E-state index in [-0.39, 0.29) is 0 Å². The van der Waals surface area contributed by atoms with Crippen LogP contribution in [-0.2, 0) is 6.42 Å². The number of aromatic nitrogens is 3. The zero-order valence-electron chi connectivity index (χ0n) is 12.0. The highest BCUT2D eigenvalue weighted by Gasteiger charge is 2.29. The van der Waals surface area contributed by atoms with E-state index in [0.717, 1.165) is 35.7 Å². The van der Waals surface area contributed by atoms with Crippen molar-refractivity contribution in [3.63, 3.8) is 0 Å². The molecule has 0 aromatic carbocycles. The van der Waals surface area contributed by atoms with Crippen LogP contribution in [0.4, 0.5) is 5.82 Å². The number of hydrogen-bond acceptors (Lipinski definition) is 4. The average Bonchev–Trinajstić information content (AvgIpc) is 3.25. The Balaban J connectivity index is 2.01. The van der Waals surface area contributed by atoms with Crippen molar-refractivity contribution in [3.05, 3.63) is 24.2 Å². The Kier molecular flexibility index (Phi) is 3.34. The first-order chi connectivity index (χ1) is 9.74. The molecule has 20 heavy (non-hydrogen) atoms. The summed E-state index contributed by atoms with van der Waals surface area (Å²) in [5.74, 6) is 2.46. The van der Waals surface area contributed by atoms with E-state index in [2.05, 4.69) is 16.5 Å². The number of anilines is 1. The van der Waals surface area contributed by atoms with Gasteiger partial charge in [-0.25, -0.2) is 9.97 Å². The smallest absolute Gasteiger partial charge is 0.212 e. The van der Waals surface area contributed by atoms with E-state index in [0.29, 0.717) is 11.9 Å². The fraction of sp³-hybridized carbons (Fsp3) is 0.467. The third-order valence-electron chi connectivity index (χ3n) is 3.63. The van der Waals surface area contributed by atoms with Gasteiger partial charge in [0.05, 0.1) is 7.11 Å². The molecule has 1 saturated carbocycles. The number of nitrogens with zero attached hydrogens (tertiary/aromatic N) is 3. The zero-order valence-corrected chi connectivity index (χ0v) is 12.0. The monoisotopic (exact) mass is 272 g/mol. The largest absolute Gasteiger partial charge is 0.481 e. The molecule has 5 heteroatoms. The number of aryl methyl sites for hydroxylation is 1. The minimum atomic E-state index is 0.545. The van der Waals surface area contributed by atoms with E-state index < -0.39 is 0 Å². The number of imidazole rings is 1. The summed E-state index contributed by atoms with van der Waals surface area (Å²) in [6.45, 7) is 2.16. The lowest BCUT2D eigenvalue weighted by atomic mass is 10.2. The zero-order chi connectivity index (χ0) is 14.1. The van der Waals surface area contributed by atoms with Gasteiger partial charge in [-0.05, 0) is 25.3 Å². The predicted molar refractivity (Wildman–Crippen MR) is 78.7 cm³/mol. The Morgan fingerprint density at radius 1 is 1.40 bits per heavy atom. The highest BCUT2D eigenvalue weighted by atomic mass is 16.5. The Labute approximate surface area is 118 Å². The molecule has 1 aliphatic rings. The van der Waals surface area contributed by atoms with Crippen molar-refractivity contribution in [1.29, 1.82) is 0 Å². The first kappa shape index (κ1) is 13.0. The minimum Gasteiger partial charge on any atom is -0.481 e. The van der Waals surface area contributed by atoms with Crippen LogP contribution in [0.1, 0.15) is 38.1 Å². The molecule has 0 unspecified atom stereocenters. The molecule has 0 saturated heterocycles.